The molecule has 3 aliphatic rings. The molecule has 0 atom stereocenters. The minimum absolute atomic E-state index is 0.0929. The fourth-order valence-electron chi connectivity index (χ4n) is 10.6. The summed E-state index contributed by atoms with van der Waals surface area (Å²) in [6.07, 6.45) is 4.99. The Hall–Kier alpha value is -5.92. The van der Waals surface area contributed by atoms with Gasteiger partial charge in [0.05, 0.1) is 5.69 Å². The number of hydrogen-bond donors (Lipinski definition) is 0. The van der Waals surface area contributed by atoms with Crippen LogP contribution in [0, 0.1) is 0 Å². The zero-order valence-corrected chi connectivity index (χ0v) is 30.4. The van der Waals surface area contributed by atoms with E-state index in [-0.39, 0.29) is 10.8 Å². The van der Waals surface area contributed by atoms with Crippen molar-refractivity contribution in [2.75, 3.05) is 4.90 Å². The van der Waals surface area contributed by atoms with Crippen molar-refractivity contribution in [1.82, 2.24) is 0 Å². The van der Waals surface area contributed by atoms with E-state index in [1.54, 1.807) is 0 Å². The number of hydrogen-bond acceptors (Lipinski definition) is 1. The van der Waals surface area contributed by atoms with Crippen molar-refractivity contribution in [3.05, 3.63) is 186 Å². The lowest BCUT2D eigenvalue weighted by Gasteiger charge is -2.31. The van der Waals surface area contributed by atoms with Crippen molar-refractivity contribution in [2.24, 2.45) is 0 Å². The average molecular weight is 680 g/mol. The van der Waals surface area contributed by atoms with Crippen molar-refractivity contribution in [3.63, 3.8) is 0 Å². The maximum atomic E-state index is 2.55. The van der Waals surface area contributed by atoms with Crippen LogP contribution in [-0.2, 0) is 10.8 Å². The van der Waals surface area contributed by atoms with Crippen LogP contribution in [0.5, 0.6) is 0 Å². The van der Waals surface area contributed by atoms with Crippen LogP contribution < -0.4 is 4.90 Å². The van der Waals surface area contributed by atoms with Gasteiger partial charge in [-0.15, -0.1) is 0 Å². The van der Waals surface area contributed by atoms with Crippen LogP contribution in [0.15, 0.2) is 164 Å². The van der Waals surface area contributed by atoms with E-state index >= 15 is 0 Å². The average Bonchev–Trinajstić information content (AvgIpc) is 3.88. The van der Waals surface area contributed by atoms with Gasteiger partial charge in [0, 0.05) is 27.6 Å². The van der Waals surface area contributed by atoms with Crippen molar-refractivity contribution < 1.29 is 0 Å². The van der Waals surface area contributed by atoms with Gasteiger partial charge in [0.1, 0.15) is 0 Å². The zero-order chi connectivity index (χ0) is 35.3. The highest BCUT2D eigenvalue weighted by Crippen LogP contribution is 2.58. The van der Waals surface area contributed by atoms with E-state index in [0.717, 1.165) is 0 Å². The first-order chi connectivity index (χ1) is 26.0. The molecule has 0 N–H and O–H groups in total. The Morgan fingerprint density at radius 3 is 1.94 bits per heavy atom. The van der Waals surface area contributed by atoms with Gasteiger partial charge in [-0.05, 0) is 115 Å². The van der Waals surface area contributed by atoms with E-state index in [0.29, 0.717) is 0 Å². The molecule has 0 aromatic heterocycles. The molecule has 0 unspecified atom stereocenters. The summed E-state index contributed by atoms with van der Waals surface area (Å²) in [6, 6.07) is 61.9. The van der Waals surface area contributed by atoms with Gasteiger partial charge in [-0.1, -0.05) is 160 Å². The molecule has 11 rings (SSSR count). The summed E-state index contributed by atoms with van der Waals surface area (Å²) in [5.41, 5.74) is 17.5. The Labute approximate surface area is 312 Å². The van der Waals surface area contributed by atoms with Gasteiger partial charge in [0.25, 0.3) is 0 Å². The smallest absolute Gasteiger partial charge is 0.0540 e. The van der Waals surface area contributed by atoms with Gasteiger partial charge < -0.3 is 4.90 Å². The third kappa shape index (κ3) is 4.31. The Kier molecular flexibility index (Phi) is 6.54. The lowest BCUT2D eigenvalue weighted by atomic mass is 9.76. The van der Waals surface area contributed by atoms with Crippen molar-refractivity contribution in [2.45, 2.75) is 50.4 Å². The van der Waals surface area contributed by atoms with Gasteiger partial charge in [0.15, 0.2) is 0 Å². The van der Waals surface area contributed by atoms with Crippen molar-refractivity contribution in [1.29, 1.82) is 0 Å². The maximum absolute atomic E-state index is 2.55. The summed E-state index contributed by atoms with van der Waals surface area (Å²) in [6.45, 7) is 4.78. The number of anilines is 3. The molecular weight excluding hydrogens is 639 g/mol. The van der Waals surface area contributed by atoms with Gasteiger partial charge in [0.2, 0.25) is 0 Å². The topological polar surface area (TPSA) is 3.24 Å². The third-order valence-corrected chi connectivity index (χ3v) is 13.0. The monoisotopic (exact) mass is 679 g/mol. The Morgan fingerprint density at radius 2 is 1.08 bits per heavy atom. The zero-order valence-electron chi connectivity index (χ0n) is 30.4. The molecule has 0 saturated heterocycles. The van der Waals surface area contributed by atoms with Crippen LogP contribution in [0.25, 0.3) is 54.9 Å². The van der Waals surface area contributed by atoms with Gasteiger partial charge in [-0.2, -0.15) is 0 Å². The molecule has 0 amide bonds. The molecule has 0 aliphatic heterocycles. The molecule has 8 aromatic carbocycles. The van der Waals surface area contributed by atoms with Crippen LogP contribution in [0.4, 0.5) is 17.1 Å². The molecule has 0 heterocycles. The summed E-state index contributed by atoms with van der Waals surface area (Å²) in [5, 5.41) is 5.10. The summed E-state index contributed by atoms with van der Waals surface area (Å²) in [5.74, 6) is 0. The van der Waals surface area contributed by atoms with Crippen molar-refractivity contribution >= 4 is 38.6 Å². The molecule has 1 heteroatoms. The summed E-state index contributed by atoms with van der Waals surface area (Å²) in [4.78, 5) is 2.54. The summed E-state index contributed by atoms with van der Waals surface area (Å²) < 4.78 is 0. The van der Waals surface area contributed by atoms with Gasteiger partial charge in [-0.25, -0.2) is 0 Å². The second-order valence-corrected chi connectivity index (χ2v) is 16.0. The Balaban J connectivity index is 1.14. The first-order valence-corrected chi connectivity index (χ1v) is 19.3. The molecule has 254 valence electrons. The minimum Gasteiger partial charge on any atom is -0.310 e. The molecule has 1 saturated carbocycles. The highest BCUT2D eigenvalue weighted by Gasteiger charge is 2.45. The minimum atomic E-state index is -0.0977. The Morgan fingerprint density at radius 1 is 0.434 bits per heavy atom. The molecule has 1 nitrogen and oxygen atoms in total. The maximum Gasteiger partial charge on any atom is 0.0540 e. The number of rotatable bonds is 4. The normalized spacial score (nSPS) is 15.7. The van der Waals surface area contributed by atoms with Crippen LogP contribution in [-0.4, -0.2) is 0 Å². The summed E-state index contributed by atoms with van der Waals surface area (Å²) >= 11 is 0. The van der Waals surface area contributed by atoms with E-state index < -0.39 is 0 Å². The molecule has 1 fully saturated rings. The van der Waals surface area contributed by atoms with E-state index in [9.17, 15) is 0 Å². The molecule has 53 heavy (non-hydrogen) atoms. The van der Waals surface area contributed by atoms with E-state index in [2.05, 4.69) is 183 Å². The standard InChI is InChI=1S/C52H41N/c1-51(2)46-23-7-5-19-42(46)45-22-12-20-39(50(45)51)35-15-11-16-36(32-35)53(49-25-13-21-40-38-17-4-3-14-34(38)26-28-44(40)49)37-27-29-43-41-18-6-8-24-47(41)52(48(43)33-37)30-9-10-31-52/h3-8,11-29,32-33H,9-10,30-31H2,1-2H3. The van der Waals surface area contributed by atoms with Gasteiger partial charge in [-0.3, -0.25) is 0 Å². The van der Waals surface area contributed by atoms with E-state index in [1.165, 1.54) is 120 Å². The lowest BCUT2D eigenvalue weighted by molar-refractivity contribution is 0.550. The number of benzene rings is 8. The first kappa shape index (κ1) is 30.7. The highest BCUT2D eigenvalue weighted by atomic mass is 15.1. The SMILES string of the molecule is CC1(C)c2ccccc2-c2cccc(-c3cccc(N(c4ccc5c(c4)C4(CCCC4)c4ccccc4-5)c4cccc5c4ccc4ccccc45)c3)c21. The van der Waals surface area contributed by atoms with Crippen LogP contribution in [0.3, 0.4) is 0 Å². The lowest BCUT2D eigenvalue weighted by Crippen LogP contribution is -2.21. The predicted molar refractivity (Wildman–Crippen MR) is 224 cm³/mol. The van der Waals surface area contributed by atoms with Crippen LogP contribution >= 0.6 is 0 Å². The van der Waals surface area contributed by atoms with E-state index in [1.807, 2.05) is 0 Å². The molecule has 0 radical (unpaired) electrons. The molecule has 0 bridgehead atoms. The first-order valence-electron chi connectivity index (χ1n) is 19.3. The Bertz CT molecular complexity index is 2780. The van der Waals surface area contributed by atoms with Crippen LogP contribution in [0.2, 0.25) is 0 Å². The third-order valence-electron chi connectivity index (χ3n) is 13.0. The van der Waals surface area contributed by atoms with Crippen molar-refractivity contribution in [3.8, 4) is 33.4 Å². The highest BCUT2D eigenvalue weighted by molar-refractivity contribution is 6.13. The number of nitrogens with zero attached hydrogens (tertiary/aromatic N) is 1. The second-order valence-electron chi connectivity index (χ2n) is 16.0. The summed E-state index contributed by atoms with van der Waals surface area (Å²) in [7, 11) is 0. The molecule has 8 aromatic rings. The van der Waals surface area contributed by atoms with Gasteiger partial charge >= 0.3 is 0 Å². The second kappa shape index (κ2) is 11.3. The fourth-order valence-corrected chi connectivity index (χ4v) is 10.6. The largest absolute Gasteiger partial charge is 0.310 e. The number of fused-ring (bicyclic) bond motifs is 11. The fraction of sp³-hybridized carbons (Fsp3) is 0.154. The molecule has 1 spiro atoms. The molecule has 3 aliphatic carbocycles. The predicted octanol–water partition coefficient (Wildman–Crippen LogP) is 14.3. The molecular formula is C52H41N. The van der Waals surface area contributed by atoms with Crippen LogP contribution in [0.1, 0.15) is 61.8 Å². The quantitative estimate of drug-likeness (QED) is 0.167. The van der Waals surface area contributed by atoms with E-state index in [4.69, 9.17) is 0 Å².